The molecule has 7 heteroatoms. The first-order valence-electron chi connectivity index (χ1n) is 8.62. The van der Waals surface area contributed by atoms with Gasteiger partial charge in [0.1, 0.15) is 16.1 Å². The molecule has 3 heterocycles. The maximum Gasteiger partial charge on any atom is 0.281 e. The summed E-state index contributed by atoms with van der Waals surface area (Å²) in [5, 5.41) is 0.598. The second kappa shape index (κ2) is 7.39. The summed E-state index contributed by atoms with van der Waals surface area (Å²) in [6, 6.07) is 11.9. The van der Waals surface area contributed by atoms with E-state index in [0.29, 0.717) is 11.6 Å². The first-order chi connectivity index (χ1) is 12.7. The van der Waals surface area contributed by atoms with Gasteiger partial charge >= 0.3 is 0 Å². The van der Waals surface area contributed by atoms with Crippen molar-refractivity contribution in [3.63, 3.8) is 0 Å². The van der Waals surface area contributed by atoms with Gasteiger partial charge in [-0.15, -0.1) is 0 Å². The number of fused-ring (bicyclic) bond motifs is 1. The molecule has 0 radical (unpaired) electrons. The number of amides is 1. The first kappa shape index (κ1) is 16.9. The van der Waals surface area contributed by atoms with E-state index in [0.717, 1.165) is 42.3 Å². The minimum atomic E-state index is 0.224. The van der Waals surface area contributed by atoms with Crippen LogP contribution in [0.5, 0.6) is 10.9 Å². The predicted octanol–water partition coefficient (Wildman–Crippen LogP) is 3.15. The van der Waals surface area contributed by atoms with E-state index in [9.17, 15) is 4.79 Å². The maximum atomic E-state index is 11.8. The smallest absolute Gasteiger partial charge is 0.281 e. The van der Waals surface area contributed by atoms with Crippen molar-refractivity contribution in [2.45, 2.75) is 13.0 Å². The third-order valence-electron chi connectivity index (χ3n) is 4.50. The van der Waals surface area contributed by atoms with Crippen LogP contribution in [0.4, 0.5) is 0 Å². The zero-order valence-corrected chi connectivity index (χ0v) is 15.4. The molecule has 0 spiro atoms. The van der Waals surface area contributed by atoms with Gasteiger partial charge in [0.2, 0.25) is 5.91 Å². The molecule has 4 rings (SSSR count). The highest BCUT2D eigenvalue weighted by atomic mass is 32.1. The van der Waals surface area contributed by atoms with E-state index in [1.54, 1.807) is 6.20 Å². The topological polar surface area (TPSA) is 58.6 Å². The molecule has 1 saturated heterocycles. The van der Waals surface area contributed by atoms with Gasteiger partial charge in [0, 0.05) is 45.8 Å². The Bertz CT molecular complexity index is 876. The number of carbonyl (C=O) groups is 1. The fourth-order valence-corrected chi connectivity index (χ4v) is 3.73. The summed E-state index contributed by atoms with van der Waals surface area (Å²) >= 11 is 1.44. The van der Waals surface area contributed by atoms with Gasteiger partial charge < -0.3 is 9.64 Å². The van der Waals surface area contributed by atoms with E-state index in [1.165, 1.54) is 16.9 Å². The van der Waals surface area contributed by atoms with Crippen LogP contribution in [0.3, 0.4) is 0 Å². The van der Waals surface area contributed by atoms with Crippen molar-refractivity contribution in [2.75, 3.05) is 26.7 Å². The lowest BCUT2D eigenvalue weighted by Crippen LogP contribution is -2.29. The number of hydrogen-bond donors (Lipinski definition) is 0. The van der Waals surface area contributed by atoms with E-state index < -0.39 is 0 Å². The highest BCUT2D eigenvalue weighted by molar-refractivity contribution is 7.19. The van der Waals surface area contributed by atoms with Crippen LogP contribution in [0.1, 0.15) is 12.0 Å². The SMILES string of the molecule is CN1CCN(Cc2ccc(Oc3nc4cccnc4s3)cc2)CCC1=O. The molecule has 0 aliphatic carbocycles. The van der Waals surface area contributed by atoms with E-state index in [4.69, 9.17) is 4.74 Å². The van der Waals surface area contributed by atoms with Gasteiger partial charge in [-0.1, -0.05) is 23.5 Å². The molecule has 0 atom stereocenters. The summed E-state index contributed by atoms with van der Waals surface area (Å²) in [5.41, 5.74) is 2.06. The lowest BCUT2D eigenvalue weighted by Gasteiger charge is -2.19. The molecule has 1 aliphatic heterocycles. The molecule has 26 heavy (non-hydrogen) atoms. The van der Waals surface area contributed by atoms with Crippen molar-refractivity contribution < 1.29 is 9.53 Å². The standard InChI is InChI=1S/C19H20N4O2S/c1-22-11-12-23(10-8-17(22)24)13-14-4-6-15(7-5-14)25-19-21-16-3-2-9-20-18(16)26-19/h2-7,9H,8,10-13H2,1H3. The minimum absolute atomic E-state index is 0.224. The largest absolute Gasteiger partial charge is 0.431 e. The van der Waals surface area contributed by atoms with Gasteiger partial charge in [0.05, 0.1) is 0 Å². The molecule has 3 aromatic rings. The van der Waals surface area contributed by atoms with Crippen molar-refractivity contribution in [1.29, 1.82) is 0 Å². The molecular weight excluding hydrogens is 348 g/mol. The van der Waals surface area contributed by atoms with Crippen LogP contribution >= 0.6 is 11.3 Å². The van der Waals surface area contributed by atoms with Crippen LogP contribution in [0.25, 0.3) is 10.3 Å². The zero-order valence-electron chi connectivity index (χ0n) is 14.6. The summed E-state index contributed by atoms with van der Waals surface area (Å²) in [5.74, 6) is 0.986. The Balaban J connectivity index is 1.39. The number of carbonyl (C=O) groups excluding carboxylic acids is 1. The van der Waals surface area contributed by atoms with E-state index in [1.807, 2.05) is 36.2 Å². The lowest BCUT2D eigenvalue weighted by atomic mass is 10.2. The molecule has 2 aromatic heterocycles. The Labute approximate surface area is 156 Å². The van der Waals surface area contributed by atoms with Crippen LogP contribution in [0, 0.1) is 0 Å². The number of ether oxygens (including phenoxy) is 1. The zero-order chi connectivity index (χ0) is 17.9. The Morgan fingerprint density at radius 2 is 2.00 bits per heavy atom. The highest BCUT2D eigenvalue weighted by Crippen LogP contribution is 2.30. The van der Waals surface area contributed by atoms with Crippen molar-refractivity contribution in [3.05, 3.63) is 48.2 Å². The average Bonchev–Trinajstić information content (AvgIpc) is 2.99. The number of nitrogens with zero attached hydrogens (tertiary/aromatic N) is 4. The van der Waals surface area contributed by atoms with Gasteiger partial charge in [-0.25, -0.2) is 9.97 Å². The Kier molecular flexibility index (Phi) is 4.81. The number of thiazole rings is 1. The van der Waals surface area contributed by atoms with Gasteiger partial charge in [-0.2, -0.15) is 0 Å². The van der Waals surface area contributed by atoms with Crippen LogP contribution in [0.15, 0.2) is 42.6 Å². The van der Waals surface area contributed by atoms with Crippen molar-refractivity contribution in [1.82, 2.24) is 19.8 Å². The summed E-state index contributed by atoms with van der Waals surface area (Å²) < 4.78 is 5.86. The Morgan fingerprint density at radius 3 is 2.81 bits per heavy atom. The van der Waals surface area contributed by atoms with Gasteiger partial charge in [0.15, 0.2) is 0 Å². The molecular formula is C19H20N4O2S. The molecule has 134 valence electrons. The number of pyridine rings is 1. The average molecular weight is 368 g/mol. The Hall–Kier alpha value is -2.51. The van der Waals surface area contributed by atoms with Crippen LogP contribution in [-0.4, -0.2) is 52.4 Å². The summed E-state index contributed by atoms with van der Waals surface area (Å²) in [7, 11) is 1.87. The predicted molar refractivity (Wildman–Crippen MR) is 101 cm³/mol. The molecule has 0 bridgehead atoms. The number of rotatable bonds is 4. The minimum Gasteiger partial charge on any atom is -0.431 e. The van der Waals surface area contributed by atoms with Crippen LogP contribution < -0.4 is 4.74 Å². The number of likely N-dealkylation sites (N-methyl/N-ethyl adjacent to an activating group) is 1. The van der Waals surface area contributed by atoms with E-state index in [2.05, 4.69) is 27.0 Å². The second-order valence-corrected chi connectivity index (χ2v) is 7.33. The summed E-state index contributed by atoms with van der Waals surface area (Å²) in [4.78, 5) is 25.5. The van der Waals surface area contributed by atoms with E-state index in [-0.39, 0.29) is 5.91 Å². The van der Waals surface area contributed by atoms with Crippen molar-refractivity contribution >= 4 is 27.6 Å². The number of aromatic nitrogens is 2. The fourth-order valence-electron chi connectivity index (χ4n) is 2.95. The number of hydrogen-bond acceptors (Lipinski definition) is 6. The fraction of sp³-hybridized carbons (Fsp3) is 0.316. The van der Waals surface area contributed by atoms with Gasteiger partial charge in [-0.3, -0.25) is 9.69 Å². The lowest BCUT2D eigenvalue weighted by molar-refractivity contribution is -0.129. The summed E-state index contributed by atoms with van der Waals surface area (Å²) in [6.45, 7) is 3.33. The van der Waals surface area contributed by atoms with E-state index >= 15 is 0 Å². The second-order valence-electron chi connectivity index (χ2n) is 6.39. The molecule has 1 fully saturated rings. The van der Waals surface area contributed by atoms with Crippen LogP contribution in [-0.2, 0) is 11.3 Å². The van der Waals surface area contributed by atoms with Crippen LogP contribution in [0.2, 0.25) is 0 Å². The van der Waals surface area contributed by atoms with Gasteiger partial charge in [-0.05, 0) is 29.8 Å². The molecule has 0 N–H and O–H groups in total. The monoisotopic (exact) mass is 368 g/mol. The molecule has 0 saturated carbocycles. The third-order valence-corrected chi connectivity index (χ3v) is 5.36. The maximum absolute atomic E-state index is 11.8. The van der Waals surface area contributed by atoms with Gasteiger partial charge in [0.25, 0.3) is 5.19 Å². The highest BCUT2D eigenvalue weighted by Gasteiger charge is 2.17. The third kappa shape index (κ3) is 3.84. The molecule has 1 amide bonds. The number of benzene rings is 1. The molecule has 6 nitrogen and oxygen atoms in total. The van der Waals surface area contributed by atoms with Crippen molar-refractivity contribution in [2.24, 2.45) is 0 Å². The normalized spacial score (nSPS) is 16.0. The molecule has 1 aromatic carbocycles. The molecule has 0 unspecified atom stereocenters. The first-order valence-corrected chi connectivity index (χ1v) is 9.44. The Morgan fingerprint density at radius 1 is 1.15 bits per heavy atom. The summed E-state index contributed by atoms with van der Waals surface area (Å²) in [6.07, 6.45) is 2.34. The molecule has 1 aliphatic rings. The van der Waals surface area contributed by atoms with Crippen molar-refractivity contribution in [3.8, 4) is 10.9 Å². The quantitative estimate of drug-likeness (QED) is 0.708.